The van der Waals surface area contributed by atoms with E-state index in [-0.39, 0.29) is 12.4 Å². The largest absolute Gasteiger partial charge is 0.458 e. The van der Waals surface area contributed by atoms with Crippen molar-refractivity contribution in [2.45, 2.75) is 46.3 Å². The van der Waals surface area contributed by atoms with E-state index in [1.54, 1.807) is 27.7 Å². The van der Waals surface area contributed by atoms with Crippen molar-refractivity contribution in [1.82, 2.24) is 0 Å². The average Bonchev–Trinajstić information content (AvgIpc) is 1.96. The van der Waals surface area contributed by atoms with Crippen LogP contribution in [0.2, 0.25) is 0 Å². The maximum atomic E-state index is 11.3. The van der Waals surface area contributed by atoms with Crippen molar-refractivity contribution < 1.29 is 19.1 Å². The van der Waals surface area contributed by atoms with Crippen LogP contribution in [-0.4, -0.2) is 30.1 Å². The molecule has 0 aliphatic rings. The molecule has 0 aromatic heterocycles. The molecule has 0 saturated carbocycles. The summed E-state index contributed by atoms with van der Waals surface area (Å²) in [6.45, 7) is 8.26. The number of ketones is 1. The number of carbonyl (C=O) groups is 2. The van der Waals surface area contributed by atoms with Crippen molar-refractivity contribution in [3.63, 3.8) is 0 Å². The number of hydrogen-bond donors (Lipinski definition) is 0. The van der Waals surface area contributed by atoms with Crippen molar-refractivity contribution in [3.8, 4) is 0 Å². The van der Waals surface area contributed by atoms with Gasteiger partial charge in [0.25, 0.3) is 0 Å². The highest BCUT2D eigenvalue weighted by molar-refractivity contribution is 5.78. The van der Waals surface area contributed by atoms with Gasteiger partial charge < -0.3 is 9.47 Å². The molecule has 82 valence electrons. The Morgan fingerprint density at radius 1 is 1.29 bits per heavy atom. The summed E-state index contributed by atoms with van der Waals surface area (Å²) in [5.41, 5.74) is -0.523. The topological polar surface area (TPSA) is 52.6 Å². The second kappa shape index (κ2) is 5.10. The zero-order valence-electron chi connectivity index (χ0n) is 9.42. The fraction of sp³-hybridized carbons (Fsp3) is 0.800. The van der Waals surface area contributed by atoms with Crippen LogP contribution in [-0.2, 0) is 19.1 Å². The Balaban J connectivity index is 3.94. The Kier molecular flexibility index (Phi) is 4.77. The molecule has 0 amide bonds. The molecule has 14 heavy (non-hydrogen) atoms. The Morgan fingerprint density at radius 3 is 2.14 bits per heavy atom. The normalized spacial score (nSPS) is 13.5. The third-order valence-corrected chi connectivity index (χ3v) is 1.28. The second-order valence-corrected chi connectivity index (χ2v) is 4.19. The first-order valence-corrected chi connectivity index (χ1v) is 4.56. The third kappa shape index (κ3) is 6.60. The molecule has 0 fully saturated rings. The van der Waals surface area contributed by atoms with E-state index in [2.05, 4.69) is 0 Å². The lowest BCUT2D eigenvalue weighted by atomic mass is 10.2. The lowest BCUT2D eigenvalue weighted by Gasteiger charge is -2.22. The Labute approximate surface area is 84.6 Å². The molecule has 4 nitrogen and oxygen atoms in total. The van der Waals surface area contributed by atoms with Crippen molar-refractivity contribution >= 4 is 11.8 Å². The molecule has 0 rings (SSSR count). The Hall–Kier alpha value is -0.900. The van der Waals surface area contributed by atoms with Gasteiger partial charge in [0.05, 0.1) is 0 Å². The zero-order valence-corrected chi connectivity index (χ0v) is 9.42. The zero-order chi connectivity index (χ0) is 11.4. The molecule has 0 saturated heterocycles. The first-order chi connectivity index (χ1) is 6.22. The number of ether oxygens (including phenoxy) is 2. The highest BCUT2D eigenvalue weighted by Gasteiger charge is 2.22. The van der Waals surface area contributed by atoms with E-state index in [9.17, 15) is 9.59 Å². The van der Waals surface area contributed by atoms with E-state index in [1.807, 2.05) is 0 Å². The van der Waals surface area contributed by atoms with E-state index in [1.165, 1.54) is 6.92 Å². The predicted octanol–water partition coefficient (Wildman–Crippen LogP) is 1.32. The molecule has 0 radical (unpaired) electrons. The second-order valence-electron chi connectivity index (χ2n) is 4.19. The third-order valence-electron chi connectivity index (χ3n) is 1.28. The van der Waals surface area contributed by atoms with E-state index in [4.69, 9.17) is 9.47 Å². The molecule has 0 aliphatic heterocycles. The number of Topliss-reactive ketones (excluding diaryl/α,β-unsaturated/α-hetero) is 1. The maximum absolute atomic E-state index is 11.3. The van der Waals surface area contributed by atoms with E-state index in [0.29, 0.717) is 0 Å². The molecule has 0 bridgehead atoms. The Bertz CT molecular complexity index is 215. The van der Waals surface area contributed by atoms with Gasteiger partial charge in [0.1, 0.15) is 12.2 Å². The number of esters is 1. The number of carbonyl (C=O) groups excluding carboxylic acids is 2. The molecule has 0 aliphatic carbocycles. The van der Waals surface area contributed by atoms with Crippen LogP contribution in [0.25, 0.3) is 0 Å². The highest BCUT2D eigenvalue weighted by atomic mass is 16.6. The van der Waals surface area contributed by atoms with Gasteiger partial charge in [0.2, 0.25) is 0 Å². The summed E-state index contributed by atoms with van der Waals surface area (Å²) < 4.78 is 10.0. The summed E-state index contributed by atoms with van der Waals surface area (Å²) in [5.74, 6) is -0.556. The van der Waals surface area contributed by atoms with Crippen molar-refractivity contribution in [1.29, 1.82) is 0 Å². The van der Waals surface area contributed by atoms with Crippen molar-refractivity contribution in [2.24, 2.45) is 0 Å². The molecular weight excluding hydrogens is 184 g/mol. The molecule has 4 heteroatoms. The molecule has 0 unspecified atom stereocenters. The van der Waals surface area contributed by atoms with Gasteiger partial charge in [-0.3, -0.25) is 4.79 Å². The van der Waals surface area contributed by atoms with Gasteiger partial charge in [0, 0.05) is 0 Å². The van der Waals surface area contributed by atoms with Crippen LogP contribution in [0.15, 0.2) is 0 Å². The van der Waals surface area contributed by atoms with Gasteiger partial charge >= 0.3 is 5.97 Å². The fourth-order valence-corrected chi connectivity index (χ4v) is 0.695. The predicted molar refractivity (Wildman–Crippen MR) is 51.9 cm³/mol. The first kappa shape index (κ1) is 13.1. The van der Waals surface area contributed by atoms with Crippen LogP contribution in [0, 0.1) is 0 Å². The van der Waals surface area contributed by atoms with Gasteiger partial charge in [-0.25, -0.2) is 4.79 Å². The molecule has 0 aromatic carbocycles. The van der Waals surface area contributed by atoms with Gasteiger partial charge in [-0.15, -0.1) is 0 Å². The number of rotatable bonds is 4. The van der Waals surface area contributed by atoms with Crippen LogP contribution in [0.1, 0.15) is 34.6 Å². The number of hydrogen-bond acceptors (Lipinski definition) is 4. The van der Waals surface area contributed by atoms with Crippen molar-refractivity contribution in [3.05, 3.63) is 0 Å². The first-order valence-electron chi connectivity index (χ1n) is 4.56. The van der Waals surface area contributed by atoms with Crippen LogP contribution < -0.4 is 0 Å². The summed E-state index contributed by atoms with van der Waals surface area (Å²) in [6, 6.07) is 0. The summed E-state index contributed by atoms with van der Waals surface area (Å²) in [5, 5.41) is 0. The molecule has 0 aromatic rings. The molecule has 0 spiro atoms. The van der Waals surface area contributed by atoms with E-state index < -0.39 is 17.7 Å². The molecular formula is C10H18O4. The monoisotopic (exact) mass is 202 g/mol. The minimum Gasteiger partial charge on any atom is -0.458 e. The molecule has 1 atom stereocenters. The van der Waals surface area contributed by atoms with Crippen LogP contribution in [0.3, 0.4) is 0 Å². The SMILES string of the molecule is CC(=O)CO[C@H](C)C(=O)OC(C)(C)C. The fourth-order valence-electron chi connectivity index (χ4n) is 0.695. The van der Waals surface area contributed by atoms with E-state index >= 15 is 0 Å². The average molecular weight is 202 g/mol. The van der Waals surface area contributed by atoms with Gasteiger partial charge in [0.15, 0.2) is 11.9 Å². The lowest BCUT2D eigenvalue weighted by Crippen LogP contribution is -2.32. The minimum atomic E-state index is -0.696. The summed E-state index contributed by atoms with van der Waals surface area (Å²) >= 11 is 0. The minimum absolute atomic E-state index is 0.0551. The lowest BCUT2D eigenvalue weighted by molar-refractivity contribution is -0.167. The quantitative estimate of drug-likeness (QED) is 0.645. The van der Waals surface area contributed by atoms with Gasteiger partial charge in [-0.1, -0.05) is 0 Å². The smallest absolute Gasteiger partial charge is 0.335 e. The summed E-state index contributed by atoms with van der Waals surface area (Å²) in [4.78, 5) is 21.9. The van der Waals surface area contributed by atoms with E-state index in [0.717, 1.165) is 0 Å². The summed E-state index contributed by atoms with van der Waals surface area (Å²) in [6.07, 6.45) is -0.696. The van der Waals surface area contributed by atoms with Crippen LogP contribution >= 0.6 is 0 Å². The summed E-state index contributed by atoms with van der Waals surface area (Å²) in [7, 11) is 0. The van der Waals surface area contributed by atoms with Crippen LogP contribution in [0.5, 0.6) is 0 Å². The molecule has 0 N–H and O–H groups in total. The Morgan fingerprint density at radius 2 is 1.79 bits per heavy atom. The standard InChI is InChI=1S/C10H18O4/c1-7(11)6-13-8(2)9(12)14-10(3,4)5/h8H,6H2,1-5H3/t8-/m1/s1. The highest BCUT2D eigenvalue weighted by Crippen LogP contribution is 2.09. The van der Waals surface area contributed by atoms with Crippen LogP contribution in [0.4, 0.5) is 0 Å². The molecule has 0 heterocycles. The van der Waals surface area contributed by atoms with Crippen molar-refractivity contribution in [2.75, 3.05) is 6.61 Å². The van der Waals surface area contributed by atoms with Gasteiger partial charge in [-0.2, -0.15) is 0 Å². The van der Waals surface area contributed by atoms with Gasteiger partial charge in [-0.05, 0) is 34.6 Å². The maximum Gasteiger partial charge on any atom is 0.335 e.